The molecule has 168 valence electrons. The Hall–Kier alpha value is -3.12. The van der Waals surface area contributed by atoms with Crippen molar-refractivity contribution in [2.75, 3.05) is 19.7 Å². The molecule has 1 atom stereocenters. The zero-order chi connectivity index (χ0) is 22.8. The fourth-order valence-corrected chi connectivity index (χ4v) is 4.50. The molecule has 0 saturated carbocycles. The third-order valence-electron chi connectivity index (χ3n) is 6.20. The third kappa shape index (κ3) is 4.28. The quantitative estimate of drug-likeness (QED) is 0.554. The molecule has 1 unspecified atom stereocenters. The van der Waals surface area contributed by atoms with Gasteiger partial charge in [-0.25, -0.2) is 0 Å². The summed E-state index contributed by atoms with van der Waals surface area (Å²) < 4.78 is 11.3. The number of benzene rings is 2. The van der Waals surface area contributed by atoms with Crippen LogP contribution < -0.4 is 4.74 Å². The maximum Gasteiger partial charge on any atom is 0.310 e. The summed E-state index contributed by atoms with van der Waals surface area (Å²) in [5.74, 6) is 0.251. The van der Waals surface area contributed by atoms with Crippen LogP contribution in [-0.2, 0) is 16.1 Å². The number of ketones is 1. The highest BCUT2D eigenvalue weighted by molar-refractivity contribution is 6.16. The molecule has 0 amide bonds. The summed E-state index contributed by atoms with van der Waals surface area (Å²) >= 11 is 0. The molecule has 1 fully saturated rings. The number of piperidine rings is 1. The Morgan fingerprint density at radius 1 is 1.28 bits per heavy atom. The number of Topliss-reactive ketones (excluding diaryl/α,β-unsaturated/α-hetero) is 1. The Kier molecular flexibility index (Phi) is 6.33. The first-order valence-electron chi connectivity index (χ1n) is 11.1. The van der Waals surface area contributed by atoms with Gasteiger partial charge in [-0.2, -0.15) is 0 Å². The number of fused-ring (bicyclic) bond motifs is 1. The van der Waals surface area contributed by atoms with Gasteiger partial charge >= 0.3 is 5.97 Å². The first-order valence-corrected chi connectivity index (χ1v) is 11.1. The molecule has 4 rings (SSSR count). The van der Waals surface area contributed by atoms with Gasteiger partial charge < -0.3 is 14.6 Å². The largest absolute Gasteiger partial charge is 0.507 e. The summed E-state index contributed by atoms with van der Waals surface area (Å²) in [5.41, 5.74) is 3.72. The van der Waals surface area contributed by atoms with E-state index < -0.39 is 0 Å². The molecule has 1 saturated heterocycles. The average molecular weight is 436 g/mol. The van der Waals surface area contributed by atoms with Crippen LogP contribution in [0.2, 0.25) is 0 Å². The van der Waals surface area contributed by atoms with E-state index in [0.717, 1.165) is 30.5 Å². The minimum atomic E-state index is -0.177. The molecule has 6 nitrogen and oxygen atoms in total. The molecule has 32 heavy (non-hydrogen) atoms. The van der Waals surface area contributed by atoms with E-state index in [1.165, 1.54) is 0 Å². The molecule has 2 aromatic carbocycles. The van der Waals surface area contributed by atoms with Gasteiger partial charge in [0.05, 0.1) is 23.7 Å². The Labute approximate surface area is 188 Å². The van der Waals surface area contributed by atoms with Gasteiger partial charge in [-0.3, -0.25) is 14.5 Å². The highest BCUT2D eigenvalue weighted by atomic mass is 16.5. The number of carbonyl (C=O) groups excluding carboxylic acids is 2. The second kappa shape index (κ2) is 9.17. The van der Waals surface area contributed by atoms with E-state index in [0.29, 0.717) is 42.1 Å². The van der Waals surface area contributed by atoms with Crippen LogP contribution in [-0.4, -0.2) is 41.5 Å². The number of nitrogens with zero attached hydrogens (tertiary/aromatic N) is 1. The van der Waals surface area contributed by atoms with Crippen molar-refractivity contribution in [1.82, 2.24) is 4.90 Å². The number of carbonyl (C=O) groups is 2. The topological polar surface area (TPSA) is 76.1 Å². The number of aryl methyl sites for hydroxylation is 2. The number of rotatable bonds is 5. The maximum atomic E-state index is 13.2. The molecule has 2 aromatic rings. The summed E-state index contributed by atoms with van der Waals surface area (Å²) in [5, 5.41) is 10.7. The van der Waals surface area contributed by atoms with Gasteiger partial charge in [0.2, 0.25) is 5.78 Å². The highest BCUT2D eigenvalue weighted by Crippen LogP contribution is 2.42. The van der Waals surface area contributed by atoms with Gasteiger partial charge in [0.15, 0.2) is 5.76 Å². The lowest BCUT2D eigenvalue weighted by Gasteiger charge is -2.31. The van der Waals surface area contributed by atoms with Crippen molar-refractivity contribution >= 4 is 17.8 Å². The molecule has 2 heterocycles. The van der Waals surface area contributed by atoms with E-state index in [9.17, 15) is 14.7 Å². The summed E-state index contributed by atoms with van der Waals surface area (Å²) in [6.45, 7) is 7.72. The molecule has 6 heteroatoms. The van der Waals surface area contributed by atoms with E-state index >= 15 is 0 Å². The number of ether oxygens (including phenoxy) is 2. The number of allylic oxidation sites excluding steroid dienone is 1. The molecular weight excluding hydrogens is 406 g/mol. The summed E-state index contributed by atoms with van der Waals surface area (Å²) in [4.78, 5) is 27.5. The minimum Gasteiger partial charge on any atom is -0.507 e. The first kappa shape index (κ1) is 22.1. The van der Waals surface area contributed by atoms with E-state index in [1.54, 1.807) is 19.1 Å². The van der Waals surface area contributed by atoms with Crippen molar-refractivity contribution in [1.29, 1.82) is 0 Å². The van der Waals surface area contributed by atoms with Gasteiger partial charge in [-0.05, 0) is 69.0 Å². The smallest absolute Gasteiger partial charge is 0.310 e. The zero-order valence-corrected chi connectivity index (χ0v) is 18.8. The van der Waals surface area contributed by atoms with E-state index in [1.807, 2.05) is 38.1 Å². The van der Waals surface area contributed by atoms with Crippen LogP contribution in [0, 0.1) is 19.8 Å². The highest BCUT2D eigenvalue weighted by Gasteiger charge is 2.35. The number of hydrogen-bond donors (Lipinski definition) is 1. The number of hydrogen-bond acceptors (Lipinski definition) is 6. The van der Waals surface area contributed by atoms with Crippen molar-refractivity contribution in [3.8, 4) is 11.5 Å². The van der Waals surface area contributed by atoms with E-state index in [4.69, 9.17) is 9.47 Å². The van der Waals surface area contributed by atoms with Gasteiger partial charge in [0, 0.05) is 13.1 Å². The van der Waals surface area contributed by atoms with Crippen molar-refractivity contribution in [3.05, 3.63) is 63.9 Å². The monoisotopic (exact) mass is 435 g/mol. The zero-order valence-electron chi connectivity index (χ0n) is 18.8. The van der Waals surface area contributed by atoms with Gasteiger partial charge in [0.1, 0.15) is 11.5 Å². The molecule has 0 bridgehead atoms. The van der Waals surface area contributed by atoms with E-state index in [-0.39, 0.29) is 29.2 Å². The molecule has 0 spiro atoms. The number of aromatic hydroxyl groups is 1. The minimum absolute atomic E-state index is 0.101. The van der Waals surface area contributed by atoms with Crippen LogP contribution in [0.1, 0.15) is 52.4 Å². The predicted molar refractivity (Wildman–Crippen MR) is 122 cm³/mol. The number of phenolic OH excluding ortho intramolecular Hbond substituents is 1. The fraction of sp³-hybridized carbons (Fsp3) is 0.385. The molecule has 2 aliphatic rings. The van der Waals surface area contributed by atoms with Crippen molar-refractivity contribution in [2.45, 2.75) is 40.2 Å². The SMILES string of the molecule is CCOC(=O)C1CCCN(Cc2c(O)cc(C)c3c2O/C(=C\c2ccccc2C)C3=O)C1. The second-order valence-electron chi connectivity index (χ2n) is 8.52. The summed E-state index contributed by atoms with van der Waals surface area (Å²) in [6.07, 6.45) is 3.43. The summed E-state index contributed by atoms with van der Waals surface area (Å²) in [6, 6.07) is 9.42. The molecule has 0 radical (unpaired) electrons. The van der Waals surface area contributed by atoms with Crippen LogP contribution in [0.3, 0.4) is 0 Å². The number of phenols is 1. The fourth-order valence-electron chi connectivity index (χ4n) is 4.50. The number of esters is 1. The van der Waals surface area contributed by atoms with Gasteiger partial charge in [0.25, 0.3) is 0 Å². The van der Waals surface area contributed by atoms with Crippen LogP contribution in [0.15, 0.2) is 36.1 Å². The molecule has 0 aliphatic carbocycles. The van der Waals surface area contributed by atoms with Crippen LogP contribution in [0.4, 0.5) is 0 Å². The Morgan fingerprint density at radius 3 is 2.81 bits per heavy atom. The van der Waals surface area contributed by atoms with Gasteiger partial charge in [-0.1, -0.05) is 24.3 Å². The predicted octanol–water partition coefficient (Wildman–Crippen LogP) is 4.40. The van der Waals surface area contributed by atoms with Crippen LogP contribution >= 0.6 is 0 Å². The molecular formula is C26H29NO5. The van der Waals surface area contributed by atoms with Crippen LogP contribution in [0.25, 0.3) is 6.08 Å². The normalized spacial score (nSPS) is 19.7. The summed E-state index contributed by atoms with van der Waals surface area (Å²) in [7, 11) is 0. The lowest BCUT2D eigenvalue weighted by atomic mass is 9.96. The Balaban J connectivity index is 1.62. The van der Waals surface area contributed by atoms with Gasteiger partial charge in [-0.15, -0.1) is 0 Å². The third-order valence-corrected chi connectivity index (χ3v) is 6.20. The Morgan fingerprint density at radius 2 is 2.06 bits per heavy atom. The Bertz CT molecular complexity index is 1090. The standard InChI is InChI=1S/C26H29NO5/c1-4-31-26(30)19-10-7-11-27(14-19)15-20-21(28)12-17(3)23-24(29)22(32-25(20)23)13-18-9-6-5-8-16(18)2/h5-6,8-9,12-13,19,28H,4,7,10-11,14-15H2,1-3H3/b22-13-. The van der Waals surface area contributed by atoms with Crippen molar-refractivity contribution < 1.29 is 24.2 Å². The molecule has 2 aliphatic heterocycles. The average Bonchev–Trinajstić information content (AvgIpc) is 3.09. The maximum absolute atomic E-state index is 13.2. The lowest BCUT2D eigenvalue weighted by molar-refractivity contribution is -0.150. The molecule has 1 N–H and O–H groups in total. The lowest BCUT2D eigenvalue weighted by Crippen LogP contribution is -2.39. The second-order valence-corrected chi connectivity index (χ2v) is 8.52. The van der Waals surface area contributed by atoms with Crippen molar-refractivity contribution in [3.63, 3.8) is 0 Å². The molecule has 0 aromatic heterocycles. The number of likely N-dealkylation sites (tertiary alicyclic amines) is 1. The van der Waals surface area contributed by atoms with Crippen LogP contribution in [0.5, 0.6) is 11.5 Å². The first-order chi connectivity index (χ1) is 15.4. The van der Waals surface area contributed by atoms with E-state index in [2.05, 4.69) is 4.90 Å². The van der Waals surface area contributed by atoms with Crippen molar-refractivity contribution in [2.24, 2.45) is 5.92 Å².